The number of rotatable bonds is 3. The van der Waals surface area contributed by atoms with Gasteiger partial charge in [0.15, 0.2) is 0 Å². The average Bonchev–Trinajstić information content (AvgIpc) is 2.42. The molecule has 7 nitrogen and oxygen atoms in total. The first-order chi connectivity index (χ1) is 6.97. The minimum absolute atomic E-state index is 0. The van der Waals surface area contributed by atoms with E-state index in [0.29, 0.717) is 0 Å². The molecule has 0 aromatic carbocycles. The van der Waals surface area contributed by atoms with Gasteiger partial charge < -0.3 is 15.6 Å². The number of esters is 1. The first kappa shape index (κ1) is 14.2. The summed E-state index contributed by atoms with van der Waals surface area (Å²) in [5.41, 5.74) is 5.44. The molecule has 1 rings (SSSR count). The predicted octanol–water partition coefficient (Wildman–Crippen LogP) is -0.162. The van der Waals surface area contributed by atoms with Crippen molar-refractivity contribution in [3.8, 4) is 0 Å². The van der Waals surface area contributed by atoms with Crippen molar-refractivity contribution in [2.75, 3.05) is 12.8 Å². The summed E-state index contributed by atoms with van der Waals surface area (Å²) < 4.78 is 5.63. The Kier molecular flexibility index (Phi) is 4.77. The third kappa shape index (κ3) is 2.63. The number of nitrogen functional groups attached to an aromatic ring is 1. The number of carbonyl (C=O) groups is 2. The molecule has 0 unspecified atom stereocenters. The van der Waals surface area contributed by atoms with Crippen molar-refractivity contribution >= 4 is 30.2 Å². The van der Waals surface area contributed by atoms with Crippen LogP contribution in [0.3, 0.4) is 0 Å². The highest BCUT2D eigenvalue weighted by atomic mass is 35.5. The number of hydrogen-bond donors (Lipinski definition) is 2. The second-order valence-corrected chi connectivity index (χ2v) is 2.89. The number of anilines is 1. The van der Waals surface area contributed by atoms with E-state index in [9.17, 15) is 9.59 Å². The number of aryl methyl sites for hydroxylation is 1. The van der Waals surface area contributed by atoms with Crippen LogP contribution in [0.4, 0.5) is 5.82 Å². The van der Waals surface area contributed by atoms with Crippen LogP contribution >= 0.6 is 12.4 Å². The Hall–Kier alpha value is -1.76. The number of hydrogen-bond acceptors (Lipinski definition) is 5. The number of nitrogens with two attached hydrogens (primary N) is 1. The molecule has 16 heavy (non-hydrogen) atoms. The second-order valence-electron chi connectivity index (χ2n) is 2.89. The maximum Gasteiger partial charge on any atom is 0.341 e. The van der Waals surface area contributed by atoms with Gasteiger partial charge in [0.05, 0.1) is 19.2 Å². The summed E-state index contributed by atoms with van der Waals surface area (Å²) in [7, 11) is 2.72. The molecule has 0 radical (unpaired) electrons. The van der Waals surface area contributed by atoms with E-state index < -0.39 is 11.9 Å². The van der Waals surface area contributed by atoms with Gasteiger partial charge in [-0.2, -0.15) is 5.10 Å². The van der Waals surface area contributed by atoms with E-state index in [4.69, 9.17) is 10.8 Å². The summed E-state index contributed by atoms with van der Waals surface area (Å²) in [6.07, 6.45) is -0.205. The van der Waals surface area contributed by atoms with E-state index in [-0.39, 0.29) is 35.9 Å². The molecule has 8 heteroatoms. The summed E-state index contributed by atoms with van der Waals surface area (Å²) in [5, 5.41) is 12.7. The molecule has 1 heterocycles. The Balaban J connectivity index is 0.00000225. The van der Waals surface area contributed by atoms with Gasteiger partial charge in [-0.05, 0) is 0 Å². The van der Waals surface area contributed by atoms with E-state index in [0.717, 1.165) is 0 Å². The maximum absolute atomic E-state index is 11.0. The normalized spacial score (nSPS) is 9.38. The second kappa shape index (κ2) is 5.36. The van der Waals surface area contributed by atoms with Crippen LogP contribution in [0.15, 0.2) is 0 Å². The standard InChI is InChI=1S/C8H11N3O4.ClH/c1-11-7(9)6(8(13)14)4(10-11)3-5(12)15-2;/h3,9H2,1-2H3,(H,13,14);1H. The Morgan fingerprint density at radius 2 is 2.12 bits per heavy atom. The van der Waals surface area contributed by atoms with Gasteiger partial charge in [-0.3, -0.25) is 9.48 Å². The molecular formula is C8H12ClN3O4. The Labute approximate surface area is 97.6 Å². The number of aromatic carboxylic acids is 1. The van der Waals surface area contributed by atoms with Crippen molar-refractivity contribution in [1.82, 2.24) is 9.78 Å². The highest BCUT2D eigenvalue weighted by Crippen LogP contribution is 2.16. The summed E-state index contributed by atoms with van der Waals surface area (Å²) in [4.78, 5) is 21.8. The fourth-order valence-electron chi connectivity index (χ4n) is 1.16. The average molecular weight is 250 g/mol. The van der Waals surface area contributed by atoms with E-state index in [1.807, 2.05) is 0 Å². The maximum atomic E-state index is 11.0. The number of methoxy groups -OCH3 is 1. The van der Waals surface area contributed by atoms with Crippen molar-refractivity contribution < 1.29 is 19.4 Å². The summed E-state index contributed by atoms with van der Waals surface area (Å²) >= 11 is 0. The van der Waals surface area contributed by atoms with Crippen LogP contribution in [-0.2, 0) is 23.0 Å². The van der Waals surface area contributed by atoms with Gasteiger partial charge in [-0.15, -0.1) is 12.4 Å². The first-order valence-electron chi connectivity index (χ1n) is 4.08. The van der Waals surface area contributed by atoms with E-state index in [1.54, 1.807) is 0 Å². The van der Waals surface area contributed by atoms with Crippen molar-refractivity contribution in [1.29, 1.82) is 0 Å². The fraction of sp³-hybridized carbons (Fsp3) is 0.375. The number of carboxylic acids is 1. The van der Waals surface area contributed by atoms with E-state index in [2.05, 4.69) is 9.84 Å². The molecule has 90 valence electrons. The highest BCUT2D eigenvalue weighted by molar-refractivity contribution is 5.95. The Morgan fingerprint density at radius 1 is 1.56 bits per heavy atom. The topological polar surface area (TPSA) is 107 Å². The van der Waals surface area contributed by atoms with Gasteiger partial charge in [-0.25, -0.2) is 4.79 Å². The minimum Gasteiger partial charge on any atom is -0.477 e. The van der Waals surface area contributed by atoms with Crippen molar-refractivity contribution in [2.45, 2.75) is 6.42 Å². The van der Waals surface area contributed by atoms with Crippen molar-refractivity contribution in [2.24, 2.45) is 7.05 Å². The van der Waals surface area contributed by atoms with Gasteiger partial charge in [0.2, 0.25) is 0 Å². The van der Waals surface area contributed by atoms with Crippen molar-refractivity contribution in [3.63, 3.8) is 0 Å². The zero-order chi connectivity index (χ0) is 11.6. The predicted molar refractivity (Wildman–Crippen MR) is 57.5 cm³/mol. The zero-order valence-electron chi connectivity index (χ0n) is 8.76. The van der Waals surface area contributed by atoms with Gasteiger partial charge in [0.25, 0.3) is 0 Å². The van der Waals surface area contributed by atoms with Crippen molar-refractivity contribution in [3.05, 3.63) is 11.3 Å². The number of halogens is 1. The van der Waals surface area contributed by atoms with Crippen LogP contribution in [-0.4, -0.2) is 33.9 Å². The van der Waals surface area contributed by atoms with Crippen LogP contribution in [0.2, 0.25) is 0 Å². The molecule has 3 N–H and O–H groups in total. The number of nitrogens with zero attached hydrogens (tertiary/aromatic N) is 2. The van der Waals surface area contributed by atoms with Gasteiger partial charge in [0.1, 0.15) is 11.4 Å². The number of ether oxygens (including phenoxy) is 1. The van der Waals surface area contributed by atoms with Crippen LogP contribution in [0.1, 0.15) is 16.1 Å². The van der Waals surface area contributed by atoms with Crippen LogP contribution in [0.25, 0.3) is 0 Å². The minimum atomic E-state index is -1.21. The number of aromatic nitrogens is 2. The highest BCUT2D eigenvalue weighted by Gasteiger charge is 2.22. The summed E-state index contributed by atoms with van der Waals surface area (Å²) in [5.74, 6) is -1.75. The van der Waals surface area contributed by atoms with E-state index in [1.165, 1.54) is 18.8 Å². The smallest absolute Gasteiger partial charge is 0.341 e. The fourth-order valence-corrected chi connectivity index (χ4v) is 1.16. The molecule has 0 saturated carbocycles. The third-order valence-electron chi connectivity index (χ3n) is 1.92. The molecule has 0 atom stereocenters. The number of carboxylic acid groups (broad SMARTS) is 1. The molecule has 0 aliphatic carbocycles. The Bertz CT molecular complexity index is 416. The lowest BCUT2D eigenvalue weighted by molar-refractivity contribution is -0.139. The summed E-state index contributed by atoms with van der Waals surface area (Å²) in [6.45, 7) is 0. The van der Waals surface area contributed by atoms with E-state index >= 15 is 0 Å². The largest absolute Gasteiger partial charge is 0.477 e. The van der Waals surface area contributed by atoms with Gasteiger partial charge in [-0.1, -0.05) is 0 Å². The van der Waals surface area contributed by atoms with Gasteiger partial charge >= 0.3 is 11.9 Å². The Morgan fingerprint density at radius 3 is 2.56 bits per heavy atom. The molecule has 1 aromatic rings. The molecule has 0 aliphatic heterocycles. The molecule has 1 aromatic heterocycles. The SMILES string of the molecule is COC(=O)Cc1nn(C)c(N)c1C(=O)O.Cl. The third-order valence-corrected chi connectivity index (χ3v) is 1.92. The summed E-state index contributed by atoms with van der Waals surface area (Å²) in [6, 6.07) is 0. The lowest BCUT2D eigenvalue weighted by Crippen LogP contribution is -2.10. The van der Waals surface area contributed by atoms with Crippen LogP contribution in [0, 0.1) is 0 Å². The lowest BCUT2D eigenvalue weighted by Gasteiger charge is -1.97. The van der Waals surface area contributed by atoms with Crippen LogP contribution in [0.5, 0.6) is 0 Å². The quantitative estimate of drug-likeness (QED) is 0.721. The first-order valence-corrected chi connectivity index (χ1v) is 4.08. The molecule has 0 bridgehead atoms. The van der Waals surface area contributed by atoms with Gasteiger partial charge in [0, 0.05) is 7.05 Å². The lowest BCUT2D eigenvalue weighted by atomic mass is 10.2. The molecule has 0 fully saturated rings. The molecule has 0 aliphatic rings. The molecule has 0 spiro atoms. The molecule has 0 amide bonds. The number of carbonyl (C=O) groups excluding carboxylic acids is 1. The zero-order valence-corrected chi connectivity index (χ0v) is 9.58. The molecule has 0 saturated heterocycles. The molecular weight excluding hydrogens is 238 g/mol. The van der Waals surface area contributed by atoms with Crippen LogP contribution < -0.4 is 5.73 Å². The monoisotopic (exact) mass is 249 g/mol.